The van der Waals surface area contributed by atoms with Crippen LogP contribution < -0.4 is 0 Å². The summed E-state index contributed by atoms with van der Waals surface area (Å²) in [5, 5.41) is -1.53. The van der Waals surface area contributed by atoms with Crippen molar-refractivity contribution in [2.45, 2.75) is 18.4 Å². The van der Waals surface area contributed by atoms with Crippen LogP contribution in [0.1, 0.15) is 16.7 Å². The van der Waals surface area contributed by atoms with E-state index in [9.17, 15) is 30.7 Å². The number of alkyl halides is 7. The van der Waals surface area contributed by atoms with E-state index in [2.05, 4.69) is 4.74 Å². The van der Waals surface area contributed by atoms with Crippen molar-refractivity contribution in [3.8, 4) is 0 Å². The van der Waals surface area contributed by atoms with Gasteiger partial charge in [0.1, 0.15) is 0 Å². The Bertz CT molecular complexity index is 713. The zero-order chi connectivity index (χ0) is 15.6. The molecule has 0 amide bonds. The first-order valence-electron chi connectivity index (χ1n) is 5.64. The van der Waals surface area contributed by atoms with E-state index in [0.29, 0.717) is 12.1 Å². The van der Waals surface area contributed by atoms with E-state index in [-0.39, 0.29) is 0 Å². The molecule has 1 aliphatic heterocycles. The van der Waals surface area contributed by atoms with E-state index < -0.39 is 45.9 Å². The van der Waals surface area contributed by atoms with Crippen LogP contribution in [0.25, 0.3) is 10.8 Å². The van der Waals surface area contributed by atoms with Crippen molar-refractivity contribution in [3.05, 3.63) is 47.0 Å². The van der Waals surface area contributed by atoms with E-state index in [0.717, 1.165) is 18.2 Å². The zero-order valence-electron chi connectivity index (χ0n) is 9.94. The summed E-state index contributed by atoms with van der Waals surface area (Å²) in [4.78, 5) is 0. The van der Waals surface area contributed by atoms with E-state index in [1.807, 2.05) is 0 Å². The Hall–Kier alpha value is -1.83. The van der Waals surface area contributed by atoms with Crippen molar-refractivity contribution >= 4 is 10.8 Å². The minimum atomic E-state index is -4.85. The molecule has 0 fully saturated rings. The van der Waals surface area contributed by atoms with E-state index in [1.165, 1.54) is 0 Å². The molecule has 0 aliphatic carbocycles. The van der Waals surface area contributed by atoms with E-state index >= 15 is 0 Å². The smallest absolute Gasteiger partial charge is 0.247 e. The lowest BCUT2D eigenvalue weighted by Gasteiger charge is -2.31. The summed E-state index contributed by atoms with van der Waals surface area (Å²) in [6.45, 7) is 0. The van der Waals surface area contributed by atoms with Gasteiger partial charge in [0.2, 0.25) is 0 Å². The highest BCUT2D eigenvalue weighted by Crippen LogP contribution is 2.51. The Morgan fingerprint density at radius 2 is 1.38 bits per heavy atom. The summed E-state index contributed by atoms with van der Waals surface area (Å²) in [5.74, 6) is 0. The minimum Gasteiger partial charge on any atom is -0.247 e. The lowest BCUT2D eigenvalue weighted by molar-refractivity contribution is -0.394. The van der Waals surface area contributed by atoms with Crippen molar-refractivity contribution in [3.63, 3.8) is 0 Å². The first-order valence-corrected chi connectivity index (χ1v) is 5.64. The van der Waals surface area contributed by atoms with Gasteiger partial charge in [0.25, 0.3) is 0 Å². The normalized spacial score (nSPS) is 19.8. The van der Waals surface area contributed by atoms with Crippen molar-refractivity contribution < 1.29 is 35.5 Å². The summed E-state index contributed by atoms with van der Waals surface area (Å²) in [6.07, 6.45) is -13.6. The van der Waals surface area contributed by atoms with Gasteiger partial charge in [-0.3, -0.25) is 0 Å². The zero-order valence-corrected chi connectivity index (χ0v) is 9.94. The number of halogens is 7. The molecule has 1 nitrogen and oxygen atoms in total. The maximum atomic E-state index is 13.6. The summed E-state index contributed by atoms with van der Waals surface area (Å²) >= 11 is 0. The molecule has 1 heterocycles. The molecule has 2 aromatic carbocycles. The van der Waals surface area contributed by atoms with Crippen molar-refractivity contribution in [2.75, 3.05) is 0 Å². The molecule has 0 N–H and O–H groups in total. The Kier molecular flexibility index (Phi) is 2.61. The third kappa shape index (κ3) is 1.97. The highest BCUT2D eigenvalue weighted by atomic mass is 19.4. The molecule has 1 aliphatic rings. The van der Waals surface area contributed by atoms with Gasteiger partial charge >= 0.3 is 18.4 Å². The number of hydrogen-bond donors (Lipinski definition) is 0. The van der Waals surface area contributed by atoms with Crippen molar-refractivity contribution in [2.24, 2.45) is 0 Å². The molecule has 112 valence electrons. The molecular weight excluding hydrogens is 305 g/mol. The van der Waals surface area contributed by atoms with Crippen LogP contribution in [0.15, 0.2) is 30.3 Å². The number of rotatable bonds is 0. The quantitative estimate of drug-likeness (QED) is 0.623. The number of ether oxygens (including phenoxy) is 1. The fourth-order valence-corrected chi connectivity index (χ4v) is 2.41. The molecule has 0 bridgehead atoms. The Balaban J connectivity index is 2.49. The number of benzene rings is 2. The second kappa shape index (κ2) is 3.88. The Morgan fingerprint density at radius 1 is 0.810 bits per heavy atom. The molecule has 0 radical (unpaired) electrons. The molecule has 0 atom stereocenters. The molecule has 3 rings (SSSR count). The summed E-state index contributed by atoms with van der Waals surface area (Å²) in [6, 6.07) is 3.48. The summed E-state index contributed by atoms with van der Waals surface area (Å²) in [7, 11) is 0. The molecule has 8 heteroatoms. The fraction of sp³-hybridized carbons (Fsp3) is 0.231. The van der Waals surface area contributed by atoms with Crippen LogP contribution in [0.3, 0.4) is 0 Å². The summed E-state index contributed by atoms with van der Waals surface area (Å²) in [5.41, 5.74) is -3.27. The largest absolute Gasteiger partial charge is 0.417 e. The number of hydrogen-bond acceptors (Lipinski definition) is 1. The van der Waals surface area contributed by atoms with Gasteiger partial charge in [-0.05, 0) is 23.6 Å². The predicted molar refractivity (Wildman–Crippen MR) is 57.8 cm³/mol. The van der Waals surface area contributed by atoms with Gasteiger partial charge in [-0.25, -0.2) is 4.74 Å². The highest BCUT2D eigenvalue weighted by molar-refractivity contribution is 5.93. The van der Waals surface area contributed by atoms with Gasteiger partial charge in [0.15, 0.2) is 0 Å². The van der Waals surface area contributed by atoms with Gasteiger partial charge < -0.3 is 0 Å². The molecule has 0 saturated carbocycles. The van der Waals surface area contributed by atoms with Gasteiger partial charge in [-0.1, -0.05) is 12.1 Å². The first kappa shape index (κ1) is 14.1. The first-order chi connectivity index (χ1) is 9.54. The van der Waals surface area contributed by atoms with Crippen LogP contribution in [0.2, 0.25) is 0 Å². The molecular formula is C13H5F7O. The van der Waals surface area contributed by atoms with Gasteiger partial charge in [0, 0.05) is 5.39 Å². The third-order valence-corrected chi connectivity index (χ3v) is 3.23. The summed E-state index contributed by atoms with van der Waals surface area (Å²) < 4.78 is 96.5. The highest BCUT2D eigenvalue weighted by Gasteiger charge is 2.53. The maximum Gasteiger partial charge on any atom is 0.417 e. The van der Waals surface area contributed by atoms with Crippen molar-refractivity contribution in [1.82, 2.24) is 0 Å². The molecule has 0 aromatic heterocycles. The second-order valence-corrected chi connectivity index (χ2v) is 4.52. The SMILES string of the molecule is FC(F)(F)c1ccc2c3c(cccc13)C(F)(F)OC2(F)F. The third-order valence-electron chi connectivity index (χ3n) is 3.23. The van der Waals surface area contributed by atoms with Crippen LogP contribution in [-0.4, -0.2) is 0 Å². The molecule has 0 spiro atoms. The van der Waals surface area contributed by atoms with Gasteiger partial charge in [-0.15, -0.1) is 0 Å². The lowest BCUT2D eigenvalue weighted by atomic mass is 9.92. The molecule has 2 aromatic rings. The average Bonchev–Trinajstić information content (AvgIpc) is 2.32. The van der Waals surface area contributed by atoms with Crippen LogP contribution in [0.4, 0.5) is 30.7 Å². The van der Waals surface area contributed by atoms with Gasteiger partial charge in [-0.2, -0.15) is 30.7 Å². The molecule has 0 saturated heterocycles. The van der Waals surface area contributed by atoms with Gasteiger partial charge in [0.05, 0.1) is 16.7 Å². The standard InChI is InChI=1S/C13H5F7O/c14-11(15,16)7-4-5-9-10-6(7)2-1-3-8(10)12(17,18)21-13(9,19)20/h1-5H. The molecule has 0 unspecified atom stereocenters. The predicted octanol–water partition coefficient (Wildman–Crippen LogP) is 4.99. The van der Waals surface area contributed by atoms with Crippen LogP contribution in [-0.2, 0) is 23.1 Å². The van der Waals surface area contributed by atoms with E-state index in [1.54, 1.807) is 0 Å². The maximum absolute atomic E-state index is 13.6. The van der Waals surface area contributed by atoms with Crippen LogP contribution in [0, 0.1) is 0 Å². The fourth-order valence-electron chi connectivity index (χ4n) is 2.41. The van der Waals surface area contributed by atoms with Crippen LogP contribution >= 0.6 is 0 Å². The van der Waals surface area contributed by atoms with Crippen molar-refractivity contribution in [1.29, 1.82) is 0 Å². The average molecular weight is 310 g/mol. The monoisotopic (exact) mass is 310 g/mol. The lowest BCUT2D eigenvalue weighted by Crippen LogP contribution is -2.34. The van der Waals surface area contributed by atoms with Crippen LogP contribution in [0.5, 0.6) is 0 Å². The Labute approximate surface area is 112 Å². The minimum absolute atomic E-state index is 0.433. The molecule has 21 heavy (non-hydrogen) atoms. The van der Waals surface area contributed by atoms with E-state index in [4.69, 9.17) is 0 Å². The second-order valence-electron chi connectivity index (χ2n) is 4.52. The topological polar surface area (TPSA) is 9.23 Å². The Morgan fingerprint density at radius 3 is 1.95 bits per heavy atom.